The number of carbonyl (C=O) groups is 1. The smallest absolute Gasteiger partial charge is 0.291 e. The van der Waals surface area contributed by atoms with E-state index in [2.05, 4.69) is 35.2 Å². The summed E-state index contributed by atoms with van der Waals surface area (Å²) in [5.41, 5.74) is 2.83. The topological polar surface area (TPSA) is 124 Å². The fraction of sp³-hybridized carbons (Fsp3) is 0.556. The Balaban J connectivity index is 1.70. The van der Waals surface area contributed by atoms with Crippen LogP contribution in [-0.4, -0.2) is 43.8 Å². The van der Waals surface area contributed by atoms with E-state index in [-0.39, 0.29) is 35.1 Å². The van der Waals surface area contributed by atoms with E-state index in [0.29, 0.717) is 12.1 Å². The molecule has 0 spiro atoms. The van der Waals surface area contributed by atoms with Crippen LogP contribution in [0.15, 0.2) is 24.4 Å². The lowest BCUT2D eigenvalue weighted by molar-refractivity contribution is -0.187. The van der Waals surface area contributed by atoms with Crippen LogP contribution >= 0.6 is 0 Å². The first kappa shape index (κ1) is 25.1. The summed E-state index contributed by atoms with van der Waals surface area (Å²) in [7, 11) is 0. The molecule has 1 amide bonds. The second-order valence-electron chi connectivity index (χ2n) is 11.5. The van der Waals surface area contributed by atoms with E-state index in [1.54, 1.807) is 0 Å². The summed E-state index contributed by atoms with van der Waals surface area (Å²) in [6.45, 7) is 10.5. The summed E-state index contributed by atoms with van der Waals surface area (Å²) in [6.07, 6.45) is 7.95. The number of hydrogen-bond donors (Lipinski definition) is 3. The molecule has 0 saturated carbocycles. The van der Waals surface area contributed by atoms with Gasteiger partial charge in [0.25, 0.3) is 5.91 Å². The van der Waals surface area contributed by atoms with E-state index in [9.17, 15) is 9.90 Å². The number of hydrogen-bond acceptors (Lipinski definition) is 6. The normalized spacial score (nSPS) is 25.4. The number of amides is 1. The lowest BCUT2D eigenvalue weighted by atomic mass is 9.77. The van der Waals surface area contributed by atoms with E-state index in [0.717, 1.165) is 42.6 Å². The number of rotatable bonds is 5. The Morgan fingerprint density at radius 2 is 2.03 bits per heavy atom. The second-order valence-corrected chi connectivity index (χ2v) is 11.5. The second kappa shape index (κ2) is 9.21. The molecule has 0 bridgehead atoms. The fourth-order valence-electron chi connectivity index (χ4n) is 5.26. The maximum atomic E-state index is 12.9. The third kappa shape index (κ3) is 5.63. The van der Waals surface area contributed by atoms with Crippen molar-refractivity contribution in [1.82, 2.24) is 15.0 Å². The molecule has 0 radical (unpaired) electrons. The van der Waals surface area contributed by atoms with Crippen LogP contribution in [0.25, 0.3) is 5.57 Å². The first-order valence-electron chi connectivity index (χ1n) is 12.2. The number of aliphatic hydroxyl groups is 1. The molecule has 1 fully saturated rings. The Morgan fingerprint density at radius 3 is 2.66 bits per heavy atom. The Kier molecular flexibility index (Phi) is 6.60. The summed E-state index contributed by atoms with van der Waals surface area (Å²) in [4.78, 5) is 24.7. The molecule has 2 aromatic rings. The van der Waals surface area contributed by atoms with Gasteiger partial charge in [-0.3, -0.25) is 9.78 Å². The van der Waals surface area contributed by atoms with Gasteiger partial charge in [-0.15, -0.1) is 0 Å². The predicted molar refractivity (Wildman–Crippen MR) is 134 cm³/mol. The number of nitrogens with zero attached hydrogens (tertiary/aromatic N) is 3. The van der Waals surface area contributed by atoms with Crippen LogP contribution in [0.3, 0.4) is 0 Å². The zero-order chi connectivity index (χ0) is 25.4. The minimum atomic E-state index is -0.632. The molecule has 4 rings (SSSR count). The van der Waals surface area contributed by atoms with Gasteiger partial charge in [0.2, 0.25) is 0 Å². The SMILES string of the molecule is CC1(C)CC=C(c2nc(C3CC(C)(C)OC(C)(CO)C3)ccc2NC(=O)c2nc(C#N)c[nH]2)CC1. The zero-order valence-electron chi connectivity index (χ0n) is 21.2. The molecule has 8 nitrogen and oxygen atoms in total. The molecule has 0 aromatic carbocycles. The molecular formula is C27H35N5O3. The lowest BCUT2D eigenvalue weighted by Crippen LogP contribution is -2.48. The third-order valence-corrected chi connectivity index (χ3v) is 7.04. The average Bonchev–Trinajstić information content (AvgIpc) is 3.28. The first-order chi connectivity index (χ1) is 16.4. The van der Waals surface area contributed by atoms with Gasteiger partial charge in [-0.1, -0.05) is 19.9 Å². The highest BCUT2D eigenvalue weighted by atomic mass is 16.5. The molecule has 2 aliphatic rings. The number of H-pyrrole nitrogens is 1. The van der Waals surface area contributed by atoms with Gasteiger partial charge in [-0.2, -0.15) is 5.26 Å². The number of allylic oxidation sites excluding steroid dienone is 2. The van der Waals surface area contributed by atoms with Gasteiger partial charge in [0.05, 0.1) is 29.2 Å². The van der Waals surface area contributed by atoms with Crippen LogP contribution in [0.5, 0.6) is 0 Å². The quantitative estimate of drug-likeness (QED) is 0.560. The van der Waals surface area contributed by atoms with Crippen molar-refractivity contribution in [2.45, 2.75) is 83.8 Å². The van der Waals surface area contributed by atoms with E-state index in [1.165, 1.54) is 6.20 Å². The summed E-state index contributed by atoms with van der Waals surface area (Å²) in [6, 6.07) is 5.79. The standard InChI is InChI=1S/C27H35N5O3/c1-25(2)10-8-17(9-11-25)22-21(32-24(34)23-29-15-19(14-28)30-23)7-6-20(31-22)18-12-26(3,4)35-27(5,13-18)16-33/h6-8,15,18,33H,9-13,16H2,1-5H3,(H,29,30)(H,32,34). The third-order valence-electron chi connectivity index (χ3n) is 7.04. The van der Waals surface area contributed by atoms with E-state index in [1.807, 2.05) is 39.0 Å². The molecule has 2 unspecified atom stereocenters. The highest BCUT2D eigenvalue weighted by Gasteiger charge is 2.43. The number of carbonyl (C=O) groups excluding carboxylic acids is 1. The number of nitriles is 1. The molecule has 186 valence electrons. The number of nitrogens with one attached hydrogen (secondary N) is 2. The molecule has 2 aromatic heterocycles. The van der Waals surface area contributed by atoms with Gasteiger partial charge in [0, 0.05) is 17.8 Å². The number of aliphatic hydroxyl groups excluding tert-OH is 1. The van der Waals surface area contributed by atoms with Gasteiger partial charge >= 0.3 is 0 Å². The molecule has 2 atom stereocenters. The van der Waals surface area contributed by atoms with Crippen LogP contribution in [0.4, 0.5) is 5.69 Å². The van der Waals surface area contributed by atoms with Crippen molar-refractivity contribution < 1.29 is 14.6 Å². The van der Waals surface area contributed by atoms with E-state index >= 15 is 0 Å². The highest BCUT2D eigenvalue weighted by Crippen LogP contribution is 2.44. The number of aromatic nitrogens is 3. The van der Waals surface area contributed by atoms with Crippen molar-refractivity contribution in [3.63, 3.8) is 0 Å². The molecule has 1 aliphatic carbocycles. The average molecular weight is 478 g/mol. The lowest BCUT2D eigenvalue weighted by Gasteiger charge is -2.46. The number of ether oxygens (including phenoxy) is 1. The largest absolute Gasteiger partial charge is 0.393 e. The van der Waals surface area contributed by atoms with Gasteiger partial charge in [0.1, 0.15) is 6.07 Å². The van der Waals surface area contributed by atoms with Crippen molar-refractivity contribution in [1.29, 1.82) is 5.26 Å². The van der Waals surface area contributed by atoms with Crippen LogP contribution in [0.2, 0.25) is 0 Å². The Labute approximate surface area is 206 Å². The van der Waals surface area contributed by atoms with Crippen LogP contribution in [0.1, 0.15) is 100 Å². The molecule has 3 heterocycles. The summed E-state index contributed by atoms with van der Waals surface area (Å²) < 4.78 is 6.19. The Morgan fingerprint density at radius 1 is 1.26 bits per heavy atom. The number of anilines is 1. The number of imidazole rings is 1. The predicted octanol–water partition coefficient (Wildman–Crippen LogP) is 4.95. The molecular weight excluding hydrogens is 442 g/mol. The fourth-order valence-corrected chi connectivity index (χ4v) is 5.26. The van der Waals surface area contributed by atoms with Crippen molar-refractivity contribution in [3.05, 3.63) is 47.3 Å². The van der Waals surface area contributed by atoms with Gasteiger partial charge in [-0.05, 0) is 76.0 Å². The first-order valence-corrected chi connectivity index (χ1v) is 12.2. The van der Waals surface area contributed by atoms with Crippen LogP contribution < -0.4 is 5.32 Å². The van der Waals surface area contributed by atoms with Crippen LogP contribution in [-0.2, 0) is 4.74 Å². The molecule has 8 heteroatoms. The van der Waals surface area contributed by atoms with E-state index < -0.39 is 11.5 Å². The van der Waals surface area contributed by atoms with Crippen LogP contribution in [0, 0.1) is 16.7 Å². The highest BCUT2D eigenvalue weighted by molar-refractivity contribution is 6.03. The summed E-state index contributed by atoms with van der Waals surface area (Å²) in [5.74, 6) is -0.220. The van der Waals surface area contributed by atoms with Crippen molar-refractivity contribution in [2.75, 3.05) is 11.9 Å². The maximum Gasteiger partial charge on any atom is 0.291 e. The molecule has 1 aliphatic heterocycles. The zero-order valence-corrected chi connectivity index (χ0v) is 21.2. The Hall–Kier alpha value is -3.02. The van der Waals surface area contributed by atoms with Crippen molar-refractivity contribution in [3.8, 4) is 6.07 Å². The number of aromatic amines is 1. The molecule has 35 heavy (non-hydrogen) atoms. The minimum Gasteiger partial charge on any atom is -0.393 e. The summed E-state index contributed by atoms with van der Waals surface area (Å²) >= 11 is 0. The maximum absolute atomic E-state index is 12.9. The molecule has 1 saturated heterocycles. The number of pyridine rings is 1. The Bertz CT molecular complexity index is 1190. The van der Waals surface area contributed by atoms with Gasteiger partial charge < -0.3 is 20.1 Å². The molecule has 3 N–H and O–H groups in total. The van der Waals surface area contributed by atoms with Crippen molar-refractivity contribution in [2.24, 2.45) is 5.41 Å². The van der Waals surface area contributed by atoms with E-state index in [4.69, 9.17) is 15.0 Å². The van der Waals surface area contributed by atoms with Gasteiger partial charge in [-0.25, -0.2) is 4.98 Å². The van der Waals surface area contributed by atoms with Gasteiger partial charge in [0.15, 0.2) is 11.5 Å². The minimum absolute atomic E-state index is 0.0536. The van der Waals surface area contributed by atoms with Crippen molar-refractivity contribution >= 4 is 17.2 Å². The monoisotopic (exact) mass is 477 g/mol. The summed E-state index contributed by atoms with van der Waals surface area (Å²) in [5, 5.41) is 22.0.